The summed E-state index contributed by atoms with van der Waals surface area (Å²) in [5.41, 5.74) is -0.00690. The maximum absolute atomic E-state index is 12.8. The Labute approximate surface area is 194 Å². The van der Waals surface area contributed by atoms with E-state index in [9.17, 15) is 22.8 Å². The van der Waals surface area contributed by atoms with E-state index in [-0.39, 0.29) is 18.9 Å². The monoisotopic (exact) mass is 475 g/mol. The topological polar surface area (TPSA) is 82.5 Å². The fraction of sp³-hybridized carbons (Fsp3) is 0.292. The van der Waals surface area contributed by atoms with E-state index >= 15 is 0 Å². The molecule has 0 aliphatic heterocycles. The second kappa shape index (κ2) is 10.9. The molecule has 1 amide bonds. The zero-order chi connectivity index (χ0) is 24.7. The predicted octanol–water partition coefficient (Wildman–Crippen LogP) is 4.08. The first kappa shape index (κ1) is 24.8. The maximum Gasteiger partial charge on any atom is 0.416 e. The van der Waals surface area contributed by atoms with Crippen molar-refractivity contribution >= 4 is 5.91 Å². The third-order valence-corrected chi connectivity index (χ3v) is 4.86. The predicted molar refractivity (Wildman–Crippen MR) is 120 cm³/mol. The van der Waals surface area contributed by atoms with Crippen molar-refractivity contribution in [2.24, 2.45) is 0 Å². The number of aromatic nitrogens is 2. The van der Waals surface area contributed by atoms with Crippen LogP contribution in [0.2, 0.25) is 0 Å². The molecule has 0 saturated heterocycles. The highest BCUT2D eigenvalue weighted by Gasteiger charge is 2.30. The standard InChI is InChI=1S/C24H24F3N3O4/c1-3-33-19-9-7-17(8-10-19)21-11-12-22(31)30(29-21)16(2)23(32)28-13-14-34-20-6-4-5-18(15-20)24(25,26)27/h4-12,15-16H,3,13-14H2,1-2H3,(H,28,32). The Morgan fingerprint density at radius 2 is 1.79 bits per heavy atom. The highest BCUT2D eigenvalue weighted by molar-refractivity contribution is 5.79. The van der Waals surface area contributed by atoms with Gasteiger partial charge in [-0.25, -0.2) is 4.68 Å². The molecule has 0 saturated carbocycles. The van der Waals surface area contributed by atoms with Crippen LogP contribution in [-0.2, 0) is 11.0 Å². The van der Waals surface area contributed by atoms with Crippen molar-refractivity contribution in [3.8, 4) is 22.8 Å². The lowest BCUT2D eigenvalue weighted by Crippen LogP contribution is -2.38. The van der Waals surface area contributed by atoms with Gasteiger partial charge in [0.1, 0.15) is 24.1 Å². The van der Waals surface area contributed by atoms with Crippen molar-refractivity contribution in [1.29, 1.82) is 0 Å². The zero-order valence-corrected chi connectivity index (χ0v) is 18.6. The molecule has 180 valence electrons. The fourth-order valence-electron chi connectivity index (χ4n) is 3.11. The number of amides is 1. The molecule has 0 bridgehead atoms. The summed E-state index contributed by atoms with van der Waals surface area (Å²) in [5, 5.41) is 6.91. The van der Waals surface area contributed by atoms with Crippen molar-refractivity contribution in [2.75, 3.05) is 19.8 Å². The van der Waals surface area contributed by atoms with Gasteiger partial charge in [0.05, 0.1) is 24.4 Å². The van der Waals surface area contributed by atoms with Crippen LogP contribution in [0.5, 0.6) is 11.5 Å². The molecule has 1 unspecified atom stereocenters. The lowest BCUT2D eigenvalue weighted by atomic mass is 10.1. The van der Waals surface area contributed by atoms with Crippen molar-refractivity contribution < 1.29 is 27.4 Å². The quantitative estimate of drug-likeness (QED) is 0.472. The molecule has 2 aromatic carbocycles. The van der Waals surface area contributed by atoms with E-state index in [1.807, 2.05) is 6.92 Å². The van der Waals surface area contributed by atoms with E-state index in [1.54, 1.807) is 30.3 Å². The lowest BCUT2D eigenvalue weighted by Gasteiger charge is -2.15. The van der Waals surface area contributed by atoms with Gasteiger partial charge < -0.3 is 14.8 Å². The Balaban J connectivity index is 1.60. The molecular formula is C24H24F3N3O4. The molecule has 0 aliphatic rings. The SMILES string of the molecule is CCOc1ccc(-c2ccc(=O)n(C(C)C(=O)NCCOc3cccc(C(F)(F)F)c3)n2)cc1. The second-order valence-electron chi connectivity index (χ2n) is 7.30. The third-order valence-electron chi connectivity index (χ3n) is 4.86. The molecule has 0 spiro atoms. The van der Waals surface area contributed by atoms with Gasteiger partial charge in [0.2, 0.25) is 5.91 Å². The maximum atomic E-state index is 12.8. The van der Waals surface area contributed by atoms with E-state index < -0.39 is 29.2 Å². The smallest absolute Gasteiger partial charge is 0.416 e. The van der Waals surface area contributed by atoms with Crippen molar-refractivity contribution in [2.45, 2.75) is 26.1 Å². The number of rotatable bonds is 9. The van der Waals surface area contributed by atoms with Gasteiger partial charge >= 0.3 is 6.18 Å². The average Bonchev–Trinajstić information content (AvgIpc) is 2.82. The number of halogens is 3. The number of nitrogens with one attached hydrogen (secondary N) is 1. The number of carbonyl (C=O) groups is 1. The minimum absolute atomic E-state index is 0.0345. The van der Waals surface area contributed by atoms with Crippen LogP contribution < -0.4 is 20.3 Å². The molecular weight excluding hydrogens is 451 g/mol. The van der Waals surface area contributed by atoms with Crippen LogP contribution in [0.1, 0.15) is 25.5 Å². The molecule has 34 heavy (non-hydrogen) atoms. The largest absolute Gasteiger partial charge is 0.494 e. The fourth-order valence-corrected chi connectivity index (χ4v) is 3.11. The van der Waals surface area contributed by atoms with E-state index in [0.717, 1.165) is 22.4 Å². The Bertz CT molecular complexity index is 1180. The number of benzene rings is 2. The molecule has 0 radical (unpaired) electrons. The lowest BCUT2D eigenvalue weighted by molar-refractivity contribution is -0.137. The highest BCUT2D eigenvalue weighted by Crippen LogP contribution is 2.31. The third kappa shape index (κ3) is 6.37. The molecule has 0 fully saturated rings. The summed E-state index contributed by atoms with van der Waals surface area (Å²) >= 11 is 0. The Hall–Kier alpha value is -3.82. The first-order valence-corrected chi connectivity index (χ1v) is 10.6. The molecule has 1 heterocycles. The summed E-state index contributed by atoms with van der Waals surface area (Å²) in [6.07, 6.45) is -4.47. The summed E-state index contributed by atoms with van der Waals surface area (Å²) in [6.45, 7) is 3.94. The molecule has 1 N–H and O–H groups in total. The van der Waals surface area contributed by atoms with Gasteiger partial charge in [-0.2, -0.15) is 18.3 Å². The van der Waals surface area contributed by atoms with Gasteiger partial charge in [-0.15, -0.1) is 0 Å². The number of hydrogen-bond donors (Lipinski definition) is 1. The van der Waals surface area contributed by atoms with Gasteiger partial charge in [-0.05, 0) is 62.4 Å². The van der Waals surface area contributed by atoms with Crippen LogP contribution in [0.4, 0.5) is 13.2 Å². The number of carbonyl (C=O) groups excluding carboxylic acids is 1. The Kier molecular flexibility index (Phi) is 7.93. The summed E-state index contributed by atoms with van der Waals surface area (Å²) in [5.74, 6) is 0.267. The summed E-state index contributed by atoms with van der Waals surface area (Å²) in [4.78, 5) is 24.8. The van der Waals surface area contributed by atoms with Crippen LogP contribution >= 0.6 is 0 Å². The molecule has 3 rings (SSSR count). The van der Waals surface area contributed by atoms with E-state index in [1.165, 1.54) is 25.1 Å². The first-order chi connectivity index (χ1) is 16.2. The highest BCUT2D eigenvalue weighted by atomic mass is 19.4. The number of hydrogen-bond acceptors (Lipinski definition) is 5. The number of ether oxygens (including phenoxy) is 2. The van der Waals surface area contributed by atoms with E-state index in [0.29, 0.717) is 18.1 Å². The summed E-state index contributed by atoms with van der Waals surface area (Å²) < 4.78 is 50.1. The normalized spacial score (nSPS) is 12.1. The van der Waals surface area contributed by atoms with E-state index in [2.05, 4.69) is 10.4 Å². The van der Waals surface area contributed by atoms with Crippen molar-refractivity contribution in [3.05, 3.63) is 76.6 Å². The Morgan fingerprint density at radius 3 is 2.47 bits per heavy atom. The number of alkyl halides is 3. The molecule has 1 aromatic heterocycles. The minimum Gasteiger partial charge on any atom is -0.494 e. The summed E-state index contributed by atoms with van der Waals surface area (Å²) in [6, 6.07) is 13.7. The molecule has 1 atom stereocenters. The second-order valence-corrected chi connectivity index (χ2v) is 7.30. The van der Waals surface area contributed by atoms with Crippen molar-refractivity contribution in [3.63, 3.8) is 0 Å². The molecule has 3 aromatic rings. The number of nitrogens with zero attached hydrogens (tertiary/aromatic N) is 2. The molecule has 7 nitrogen and oxygen atoms in total. The minimum atomic E-state index is -4.47. The first-order valence-electron chi connectivity index (χ1n) is 10.6. The van der Waals surface area contributed by atoms with Gasteiger partial charge in [0, 0.05) is 11.6 Å². The van der Waals surface area contributed by atoms with E-state index in [4.69, 9.17) is 9.47 Å². The zero-order valence-electron chi connectivity index (χ0n) is 18.6. The van der Waals surface area contributed by atoms with Crippen LogP contribution in [-0.4, -0.2) is 35.4 Å². The van der Waals surface area contributed by atoms with Crippen LogP contribution in [0.3, 0.4) is 0 Å². The van der Waals surface area contributed by atoms with Crippen LogP contribution in [0.25, 0.3) is 11.3 Å². The molecule has 0 aliphatic carbocycles. The van der Waals surface area contributed by atoms with Gasteiger partial charge in [0.15, 0.2) is 0 Å². The van der Waals surface area contributed by atoms with Crippen LogP contribution in [0.15, 0.2) is 65.5 Å². The molecule has 10 heteroatoms. The van der Waals surface area contributed by atoms with Crippen LogP contribution in [0, 0.1) is 0 Å². The van der Waals surface area contributed by atoms with Gasteiger partial charge in [-0.3, -0.25) is 9.59 Å². The van der Waals surface area contributed by atoms with Gasteiger partial charge in [0.25, 0.3) is 5.56 Å². The Morgan fingerprint density at radius 1 is 1.06 bits per heavy atom. The summed E-state index contributed by atoms with van der Waals surface area (Å²) in [7, 11) is 0. The van der Waals surface area contributed by atoms with Gasteiger partial charge in [-0.1, -0.05) is 6.07 Å². The van der Waals surface area contributed by atoms with Crippen molar-refractivity contribution in [1.82, 2.24) is 15.1 Å². The average molecular weight is 475 g/mol.